The minimum Gasteiger partial charge on any atom is -2.00 e. The molecule has 0 unspecified atom stereocenters. The topological polar surface area (TPSA) is 97.1 Å². The number of carboxylic acid groups (broad SMARTS) is 1. The first-order chi connectivity index (χ1) is 1.73. The second-order valence-electron chi connectivity index (χ2n) is 0.492. The summed E-state index contributed by atoms with van der Waals surface area (Å²) in [6.45, 7) is 0.972. The molecule has 0 aromatic heterocycles. The van der Waals surface area contributed by atoms with Gasteiger partial charge < -0.3 is 20.9 Å². The van der Waals surface area contributed by atoms with Crippen LogP contribution in [0.25, 0.3) is 0 Å². The largest absolute Gasteiger partial charge is 5.00 e. The molecule has 4 nitrogen and oxygen atoms in total. The summed E-state index contributed by atoms with van der Waals surface area (Å²) in [7, 11) is 0. The molecule has 0 rings (SSSR count). The van der Waals surface area contributed by atoms with Crippen molar-refractivity contribution < 1.29 is 39.4 Å². The van der Waals surface area contributed by atoms with Crippen molar-refractivity contribution in [2.24, 2.45) is 0 Å². The summed E-state index contributed by atoms with van der Waals surface area (Å²) in [5, 5.41) is 8.89. The Hall–Kier alpha value is -0.0256. The number of carbonyl (C=O) groups excluding carboxylic acids is 1. The van der Waals surface area contributed by atoms with Gasteiger partial charge in [0.25, 0.3) is 0 Å². The Bertz CT molecular complexity index is 32.7. The Labute approximate surface area is 53.0 Å². The van der Waals surface area contributed by atoms with Crippen LogP contribution in [0.1, 0.15) is 6.92 Å². The fraction of sp³-hybridized carbons (Fsp3) is 0.500. The molecule has 0 aliphatic heterocycles. The molecule has 0 spiro atoms. The van der Waals surface area contributed by atoms with E-state index in [0.29, 0.717) is 0 Å². The zero-order valence-corrected chi connectivity index (χ0v) is 4.98. The molecular formula is C2H3O4V. The summed E-state index contributed by atoms with van der Waals surface area (Å²) in [4.78, 5) is 8.89. The van der Waals surface area contributed by atoms with E-state index in [1.54, 1.807) is 0 Å². The van der Waals surface area contributed by atoms with Gasteiger partial charge in [-0.2, -0.15) is 0 Å². The number of carboxylic acids is 1. The number of rotatable bonds is 0. The molecule has 0 aliphatic rings. The van der Waals surface area contributed by atoms with Gasteiger partial charge in [-0.25, -0.2) is 0 Å². The summed E-state index contributed by atoms with van der Waals surface area (Å²) in [5.41, 5.74) is 0. The van der Waals surface area contributed by atoms with E-state index in [0.717, 1.165) is 6.92 Å². The van der Waals surface area contributed by atoms with Crippen molar-refractivity contribution in [1.29, 1.82) is 0 Å². The van der Waals surface area contributed by atoms with Crippen LogP contribution in [0.4, 0.5) is 0 Å². The minimum atomic E-state index is -1.08. The first-order valence-corrected chi connectivity index (χ1v) is 0.908. The maximum atomic E-state index is 8.89. The molecule has 0 atom stereocenters. The SMILES string of the molecule is CC(=O)[O-].[O-2].[O-2].[V+5]. The van der Waals surface area contributed by atoms with Gasteiger partial charge in [0.05, 0.1) is 0 Å². The molecule has 0 heterocycles. The molecule has 7 heavy (non-hydrogen) atoms. The van der Waals surface area contributed by atoms with Gasteiger partial charge >= 0.3 is 18.6 Å². The normalized spacial score (nSPS) is 3.57. The van der Waals surface area contributed by atoms with Gasteiger partial charge in [-0.15, -0.1) is 0 Å². The molecular weight excluding hydrogens is 139 g/mol. The molecule has 0 aromatic rings. The second-order valence-corrected chi connectivity index (χ2v) is 0.492. The van der Waals surface area contributed by atoms with E-state index >= 15 is 0 Å². The zero-order valence-electron chi connectivity index (χ0n) is 3.58. The molecule has 0 amide bonds. The van der Waals surface area contributed by atoms with E-state index in [1.807, 2.05) is 0 Å². The molecule has 0 aromatic carbocycles. The molecule has 0 aliphatic carbocycles. The third-order valence-corrected chi connectivity index (χ3v) is 0. The van der Waals surface area contributed by atoms with Crippen molar-refractivity contribution >= 4 is 5.97 Å². The molecule has 0 N–H and O–H groups in total. The fourth-order valence-corrected chi connectivity index (χ4v) is 0. The van der Waals surface area contributed by atoms with Crippen molar-refractivity contribution in [3.05, 3.63) is 0 Å². The van der Waals surface area contributed by atoms with Crippen LogP contribution in [-0.2, 0) is 34.3 Å². The Morgan fingerprint density at radius 3 is 1.43 bits per heavy atom. The Morgan fingerprint density at radius 1 is 1.43 bits per heavy atom. The van der Waals surface area contributed by atoms with E-state index in [-0.39, 0.29) is 29.5 Å². The molecule has 0 bridgehead atoms. The van der Waals surface area contributed by atoms with Gasteiger partial charge in [-0.3, -0.25) is 0 Å². The first kappa shape index (κ1) is 28.1. The van der Waals surface area contributed by atoms with E-state index in [9.17, 15) is 0 Å². The molecule has 0 saturated heterocycles. The van der Waals surface area contributed by atoms with Crippen LogP contribution in [0.5, 0.6) is 0 Å². The molecule has 0 fully saturated rings. The van der Waals surface area contributed by atoms with Gasteiger partial charge in [-0.05, 0) is 6.92 Å². The minimum absolute atomic E-state index is 0. The third kappa shape index (κ3) is 144000. The van der Waals surface area contributed by atoms with Crippen molar-refractivity contribution in [2.45, 2.75) is 6.92 Å². The van der Waals surface area contributed by atoms with Crippen LogP contribution in [0.15, 0.2) is 0 Å². The smallest absolute Gasteiger partial charge is 2.00 e. The van der Waals surface area contributed by atoms with Crippen LogP contribution in [0, 0.1) is 0 Å². The molecule has 5 heteroatoms. The van der Waals surface area contributed by atoms with Gasteiger partial charge in [0.2, 0.25) is 0 Å². The maximum Gasteiger partial charge on any atom is 5.00 e. The number of carbonyl (C=O) groups is 1. The van der Waals surface area contributed by atoms with Gasteiger partial charge in [-0.1, -0.05) is 0 Å². The van der Waals surface area contributed by atoms with Crippen molar-refractivity contribution in [3.8, 4) is 0 Å². The summed E-state index contributed by atoms with van der Waals surface area (Å²) in [6.07, 6.45) is 0. The molecule has 0 saturated carbocycles. The van der Waals surface area contributed by atoms with E-state index < -0.39 is 5.97 Å². The Balaban J connectivity index is -0.0000000150. The standard InChI is InChI=1S/C2H4O2.2O.V/c1-2(3)4;;;/h1H3,(H,3,4);;;/q;2*-2;+5/p-1. The number of aliphatic carboxylic acids is 1. The predicted octanol–water partition coefficient (Wildman–Crippen LogP) is -1.48. The summed E-state index contributed by atoms with van der Waals surface area (Å²) in [6, 6.07) is 0. The van der Waals surface area contributed by atoms with Crippen LogP contribution in [0.3, 0.4) is 0 Å². The Morgan fingerprint density at radius 2 is 1.43 bits per heavy atom. The molecule has 40 valence electrons. The van der Waals surface area contributed by atoms with E-state index in [1.165, 1.54) is 0 Å². The second kappa shape index (κ2) is 16.7. The van der Waals surface area contributed by atoms with Crippen molar-refractivity contribution in [3.63, 3.8) is 0 Å². The summed E-state index contributed by atoms with van der Waals surface area (Å²) >= 11 is 0. The quantitative estimate of drug-likeness (QED) is 0.411. The third-order valence-electron chi connectivity index (χ3n) is 0. The summed E-state index contributed by atoms with van der Waals surface area (Å²) < 4.78 is 0. The van der Waals surface area contributed by atoms with Gasteiger partial charge in [0, 0.05) is 5.97 Å². The summed E-state index contributed by atoms with van der Waals surface area (Å²) in [5.74, 6) is -1.08. The van der Waals surface area contributed by atoms with Crippen LogP contribution < -0.4 is 5.11 Å². The number of hydrogen-bond acceptors (Lipinski definition) is 2. The first-order valence-electron chi connectivity index (χ1n) is 0.908. The fourth-order valence-electron chi connectivity index (χ4n) is 0. The van der Waals surface area contributed by atoms with Crippen LogP contribution >= 0.6 is 0 Å². The van der Waals surface area contributed by atoms with Gasteiger partial charge in [0.15, 0.2) is 0 Å². The number of hydrogen-bond donors (Lipinski definition) is 0. The van der Waals surface area contributed by atoms with Crippen LogP contribution in [-0.4, -0.2) is 5.97 Å². The van der Waals surface area contributed by atoms with Gasteiger partial charge in [0.1, 0.15) is 0 Å². The van der Waals surface area contributed by atoms with Crippen molar-refractivity contribution in [2.75, 3.05) is 0 Å². The van der Waals surface area contributed by atoms with Crippen LogP contribution in [0.2, 0.25) is 0 Å². The maximum absolute atomic E-state index is 8.89. The average molecular weight is 142 g/mol. The predicted molar refractivity (Wildman–Crippen MR) is 12.1 cm³/mol. The van der Waals surface area contributed by atoms with E-state index in [4.69, 9.17) is 9.90 Å². The zero-order chi connectivity index (χ0) is 3.58. The average Bonchev–Trinajstić information content (AvgIpc) is 0.811. The van der Waals surface area contributed by atoms with E-state index in [2.05, 4.69) is 0 Å². The monoisotopic (exact) mass is 142 g/mol. The van der Waals surface area contributed by atoms with Crippen molar-refractivity contribution in [1.82, 2.24) is 0 Å². The Kier molecular flexibility index (Phi) is 67.2. The molecule has 0 radical (unpaired) electrons.